The van der Waals surface area contributed by atoms with Crippen molar-refractivity contribution >= 4 is 5.69 Å². The first kappa shape index (κ1) is 26.5. The molecule has 1 aliphatic rings. The van der Waals surface area contributed by atoms with Gasteiger partial charge in [0.05, 0.1) is 11.4 Å². The predicted molar refractivity (Wildman–Crippen MR) is 132 cm³/mol. The Kier molecular flexibility index (Phi) is 8.01. The summed E-state index contributed by atoms with van der Waals surface area (Å²) in [6.45, 7) is 4.07. The number of nitrogens with zero attached hydrogens (tertiary/aromatic N) is 4. The summed E-state index contributed by atoms with van der Waals surface area (Å²) in [6.07, 6.45) is -2.20. The van der Waals surface area contributed by atoms with Gasteiger partial charge in [0.2, 0.25) is 0 Å². The molecule has 0 aliphatic carbocycles. The molecule has 198 valence electrons. The van der Waals surface area contributed by atoms with Crippen molar-refractivity contribution in [3.8, 4) is 11.4 Å². The van der Waals surface area contributed by atoms with Gasteiger partial charge >= 0.3 is 11.9 Å². The van der Waals surface area contributed by atoms with E-state index in [0.717, 1.165) is 4.57 Å². The second-order valence-electron chi connectivity index (χ2n) is 8.96. The normalized spacial score (nSPS) is 14.7. The zero-order valence-corrected chi connectivity index (χ0v) is 20.4. The Balaban J connectivity index is 1.35. The maximum absolute atomic E-state index is 13.3. The lowest BCUT2D eigenvalue weighted by Crippen LogP contribution is -2.47. The average molecular weight is 521 g/mol. The molecule has 0 saturated carbocycles. The monoisotopic (exact) mass is 520 g/mol. The molecule has 1 aromatic heterocycles. The molecule has 0 N–H and O–H groups in total. The first-order chi connectivity index (χ1) is 17.6. The number of ether oxygens (including phenoxy) is 1. The van der Waals surface area contributed by atoms with Gasteiger partial charge in [0, 0.05) is 44.5 Å². The van der Waals surface area contributed by atoms with E-state index in [2.05, 4.69) is 4.90 Å². The fraction of sp³-hybridized carbons (Fsp3) is 0.385. The van der Waals surface area contributed by atoms with E-state index in [9.17, 15) is 27.2 Å². The lowest BCUT2D eigenvalue weighted by atomic mass is 10.2. The van der Waals surface area contributed by atoms with Crippen molar-refractivity contribution in [2.45, 2.75) is 26.1 Å². The van der Waals surface area contributed by atoms with Crippen molar-refractivity contribution in [2.24, 2.45) is 0 Å². The summed E-state index contributed by atoms with van der Waals surface area (Å²) in [5.74, 6) is -0.249. The van der Waals surface area contributed by atoms with Crippen molar-refractivity contribution in [2.75, 3.05) is 44.2 Å². The topological polar surface area (TPSA) is 59.7 Å². The first-order valence-electron chi connectivity index (χ1n) is 12.0. The van der Waals surface area contributed by atoms with Gasteiger partial charge in [0.25, 0.3) is 5.56 Å². The van der Waals surface area contributed by atoms with Crippen LogP contribution in [0.1, 0.15) is 12.0 Å². The van der Waals surface area contributed by atoms with E-state index in [-0.39, 0.29) is 5.75 Å². The Bertz CT molecular complexity index is 1330. The fourth-order valence-electron chi connectivity index (χ4n) is 4.39. The number of benzene rings is 2. The zero-order valence-electron chi connectivity index (χ0n) is 20.4. The highest BCUT2D eigenvalue weighted by molar-refractivity contribution is 5.58. The van der Waals surface area contributed by atoms with Gasteiger partial charge in [0.15, 0.2) is 6.61 Å². The van der Waals surface area contributed by atoms with Crippen LogP contribution in [0.2, 0.25) is 0 Å². The van der Waals surface area contributed by atoms with Crippen LogP contribution in [0.25, 0.3) is 5.69 Å². The Morgan fingerprint density at radius 2 is 1.59 bits per heavy atom. The van der Waals surface area contributed by atoms with E-state index in [1.807, 2.05) is 4.90 Å². The molecular weight excluding hydrogens is 492 g/mol. The summed E-state index contributed by atoms with van der Waals surface area (Å²) >= 11 is 0. The minimum absolute atomic E-state index is 0.208. The number of aromatic nitrogens is 2. The second-order valence-corrected chi connectivity index (χ2v) is 8.96. The quantitative estimate of drug-likeness (QED) is 0.425. The summed E-state index contributed by atoms with van der Waals surface area (Å²) < 4.78 is 58.7. The van der Waals surface area contributed by atoms with Crippen LogP contribution in [0.5, 0.6) is 5.75 Å². The van der Waals surface area contributed by atoms with Crippen LogP contribution in [0, 0.1) is 12.7 Å². The summed E-state index contributed by atoms with van der Waals surface area (Å²) in [6, 6.07) is 11.9. The number of aryl methyl sites for hydroxylation is 2. The molecule has 2 heterocycles. The highest BCUT2D eigenvalue weighted by Crippen LogP contribution is 2.30. The maximum Gasteiger partial charge on any atom is 0.422 e. The third kappa shape index (κ3) is 6.59. The summed E-state index contributed by atoms with van der Waals surface area (Å²) in [7, 11) is 0. The lowest BCUT2D eigenvalue weighted by molar-refractivity contribution is -0.153. The van der Waals surface area contributed by atoms with Crippen LogP contribution in [-0.4, -0.2) is 59.5 Å². The van der Waals surface area contributed by atoms with Gasteiger partial charge in [-0.1, -0.05) is 12.1 Å². The molecule has 0 unspecified atom stereocenters. The molecule has 3 aromatic rings. The number of anilines is 1. The van der Waals surface area contributed by atoms with Gasteiger partial charge in [0.1, 0.15) is 11.6 Å². The molecule has 11 heteroatoms. The van der Waals surface area contributed by atoms with E-state index in [1.54, 1.807) is 37.4 Å². The minimum atomic E-state index is -4.40. The molecule has 1 saturated heterocycles. The fourth-order valence-corrected chi connectivity index (χ4v) is 4.39. The number of para-hydroxylation sites is 2. The first-order valence-corrected chi connectivity index (χ1v) is 12.0. The smallest absolute Gasteiger partial charge is 0.422 e. The van der Waals surface area contributed by atoms with Gasteiger partial charge in [-0.3, -0.25) is 14.3 Å². The van der Waals surface area contributed by atoms with Gasteiger partial charge in [-0.25, -0.2) is 13.8 Å². The Morgan fingerprint density at radius 3 is 2.27 bits per heavy atom. The molecule has 0 spiro atoms. The van der Waals surface area contributed by atoms with Gasteiger partial charge in [-0.2, -0.15) is 13.2 Å². The van der Waals surface area contributed by atoms with E-state index in [0.29, 0.717) is 62.6 Å². The van der Waals surface area contributed by atoms with Gasteiger partial charge in [-0.05, 0) is 56.3 Å². The minimum Gasteiger partial charge on any atom is -0.482 e. The van der Waals surface area contributed by atoms with Crippen molar-refractivity contribution in [3.63, 3.8) is 0 Å². The second kappa shape index (κ2) is 11.2. The summed E-state index contributed by atoms with van der Waals surface area (Å²) in [4.78, 5) is 29.8. The molecule has 0 bridgehead atoms. The highest BCUT2D eigenvalue weighted by Gasteiger charge is 2.29. The molecule has 0 atom stereocenters. The standard InChI is InChI=1S/C26H28F4N4O3/c1-19-17-33(25(36)34(24(19)35)21-9-7-20(27)8-10-21)12-4-11-31-13-15-32(16-14-31)22-5-2-3-6-23(22)37-18-26(28,29)30/h2-3,5-10,17H,4,11-16,18H2,1H3. The number of hydrogen-bond acceptors (Lipinski definition) is 5. The maximum atomic E-state index is 13.3. The number of halogens is 4. The van der Waals surface area contributed by atoms with Crippen LogP contribution in [0.15, 0.2) is 64.3 Å². The number of alkyl halides is 3. The lowest BCUT2D eigenvalue weighted by Gasteiger charge is -2.36. The molecule has 4 rings (SSSR count). The molecule has 7 nitrogen and oxygen atoms in total. The van der Waals surface area contributed by atoms with Crippen molar-refractivity contribution in [1.82, 2.24) is 14.0 Å². The number of rotatable bonds is 8. The van der Waals surface area contributed by atoms with Crippen LogP contribution in [-0.2, 0) is 6.54 Å². The third-order valence-corrected chi connectivity index (χ3v) is 6.25. The SMILES string of the molecule is Cc1cn(CCCN2CCN(c3ccccc3OCC(F)(F)F)CC2)c(=O)n(-c2ccc(F)cc2)c1=O. The molecule has 0 amide bonds. The van der Waals surface area contributed by atoms with Crippen molar-refractivity contribution in [1.29, 1.82) is 0 Å². The largest absolute Gasteiger partial charge is 0.482 e. The molecule has 37 heavy (non-hydrogen) atoms. The van der Waals surface area contributed by atoms with Crippen LogP contribution in [0.4, 0.5) is 23.2 Å². The summed E-state index contributed by atoms with van der Waals surface area (Å²) in [5.41, 5.74) is 0.427. The van der Waals surface area contributed by atoms with E-state index in [1.165, 1.54) is 28.8 Å². The van der Waals surface area contributed by atoms with E-state index < -0.39 is 29.8 Å². The van der Waals surface area contributed by atoms with Crippen molar-refractivity contribution < 1.29 is 22.3 Å². The Morgan fingerprint density at radius 1 is 0.919 bits per heavy atom. The van der Waals surface area contributed by atoms with Gasteiger partial charge < -0.3 is 9.64 Å². The van der Waals surface area contributed by atoms with E-state index >= 15 is 0 Å². The Labute approximate surface area is 211 Å². The van der Waals surface area contributed by atoms with Crippen LogP contribution < -0.4 is 20.9 Å². The van der Waals surface area contributed by atoms with Gasteiger partial charge in [-0.15, -0.1) is 0 Å². The van der Waals surface area contributed by atoms with E-state index in [4.69, 9.17) is 4.74 Å². The molecule has 2 aromatic carbocycles. The van der Waals surface area contributed by atoms with Crippen LogP contribution >= 0.6 is 0 Å². The average Bonchev–Trinajstić information content (AvgIpc) is 2.87. The molecule has 1 aliphatic heterocycles. The zero-order chi connectivity index (χ0) is 26.6. The molecule has 0 radical (unpaired) electrons. The van der Waals surface area contributed by atoms with Crippen LogP contribution in [0.3, 0.4) is 0 Å². The highest BCUT2D eigenvalue weighted by atomic mass is 19.4. The predicted octanol–water partition coefficient (Wildman–Crippen LogP) is 3.60. The number of piperazine rings is 1. The van der Waals surface area contributed by atoms with Crippen molar-refractivity contribution in [3.05, 3.63) is 86.9 Å². The summed E-state index contributed by atoms with van der Waals surface area (Å²) in [5, 5.41) is 0. The molecular formula is C26H28F4N4O3. The number of hydrogen-bond donors (Lipinski definition) is 0. The Hall–Kier alpha value is -3.60. The molecule has 1 fully saturated rings. The third-order valence-electron chi connectivity index (χ3n) is 6.25.